The number of benzene rings is 2. The average Bonchev–Trinajstić information content (AvgIpc) is 2.98. The quantitative estimate of drug-likeness (QED) is 0.566. The van der Waals surface area contributed by atoms with Crippen molar-refractivity contribution in [3.63, 3.8) is 0 Å². The molecule has 0 unspecified atom stereocenters. The van der Waals surface area contributed by atoms with Crippen molar-refractivity contribution in [3.8, 4) is 0 Å². The summed E-state index contributed by atoms with van der Waals surface area (Å²) in [7, 11) is 0. The lowest BCUT2D eigenvalue weighted by Crippen LogP contribution is -2.12. The van der Waals surface area contributed by atoms with Crippen LogP contribution >= 0.6 is 11.3 Å². The highest BCUT2D eigenvalue weighted by Crippen LogP contribution is 2.29. The van der Waals surface area contributed by atoms with Gasteiger partial charge in [0.25, 0.3) is 11.6 Å². The number of nitro benzene ring substituents is 1. The molecule has 1 amide bonds. The summed E-state index contributed by atoms with van der Waals surface area (Å²) < 4.78 is 0.827. The van der Waals surface area contributed by atoms with Crippen molar-refractivity contribution < 1.29 is 9.72 Å². The molecule has 0 aliphatic carbocycles. The van der Waals surface area contributed by atoms with Gasteiger partial charge in [0, 0.05) is 34.5 Å². The maximum atomic E-state index is 12.4. The highest BCUT2D eigenvalue weighted by atomic mass is 32.1. The zero-order valence-electron chi connectivity index (χ0n) is 12.0. The molecule has 0 bridgehead atoms. The van der Waals surface area contributed by atoms with Gasteiger partial charge in [0.1, 0.15) is 0 Å². The van der Waals surface area contributed by atoms with Crippen molar-refractivity contribution in [3.05, 3.63) is 69.1 Å². The summed E-state index contributed by atoms with van der Waals surface area (Å²) in [6, 6.07) is 13.5. The van der Waals surface area contributed by atoms with Gasteiger partial charge in [-0.15, -0.1) is 11.3 Å². The normalized spacial score (nSPS) is 10.7. The first-order valence-corrected chi connectivity index (χ1v) is 7.67. The smallest absolute Gasteiger partial charge is 0.270 e. The van der Waals surface area contributed by atoms with Crippen molar-refractivity contribution in [1.82, 2.24) is 0 Å². The Morgan fingerprint density at radius 2 is 2.00 bits per heavy atom. The molecule has 7 heteroatoms. The van der Waals surface area contributed by atoms with Crippen LogP contribution in [0.15, 0.2) is 48.5 Å². The minimum atomic E-state index is -0.450. The van der Waals surface area contributed by atoms with Crippen molar-refractivity contribution in [2.24, 2.45) is 5.73 Å². The van der Waals surface area contributed by atoms with Gasteiger partial charge in [0.15, 0.2) is 0 Å². The highest BCUT2D eigenvalue weighted by Gasteiger charge is 2.14. The third-order valence-electron chi connectivity index (χ3n) is 3.42. The van der Waals surface area contributed by atoms with E-state index in [1.54, 1.807) is 18.2 Å². The monoisotopic (exact) mass is 327 g/mol. The number of para-hydroxylation sites is 1. The first-order valence-electron chi connectivity index (χ1n) is 6.86. The fourth-order valence-corrected chi connectivity index (χ4v) is 3.20. The van der Waals surface area contributed by atoms with Crippen molar-refractivity contribution in [2.45, 2.75) is 6.54 Å². The SMILES string of the molecule is NCc1ccccc1NC(=O)c1cc2cc([N+](=O)[O-])ccc2s1. The molecule has 3 rings (SSSR count). The highest BCUT2D eigenvalue weighted by molar-refractivity contribution is 7.20. The second kappa shape index (κ2) is 6.15. The van der Waals surface area contributed by atoms with Crippen LogP contribution in [0.25, 0.3) is 10.1 Å². The molecule has 0 saturated heterocycles. The molecule has 3 N–H and O–H groups in total. The number of hydrogen-bond acceptors (Lipinski definition) is 5. The van der Waals surface area contributed by atoms with Crippen LogP contribution in [0.4, 0.5) is 11.4 Å². The largest absolute Gasteiger partial charge is 0.326 e. The summed E-state index contributed by atoms with van der Waals surface area (Å²) in [5.41, 5.74) is 7.18. The number of rotatable bonds is 4. The molecule has 2 aromatic carbocycles. The molecule has 0 aliphatic heterocycles. The van der Waals surface area contributed by atoms with Gasteiger partial charge >= 0.3 is 0 Å². The second-order valence-corrected chi connectivity index (χ2v) is 5.99. The molecular weight excluding hydrogens is 314 g/mol. The van der Waals surface area contributed by atoms with Gasteiger partial charge in [-0.1, -0.05) is 18.2 Å². The lowest BCUT2D eigenvalue weighted by atomic mass is 10.1. The van der Waals surface area contributed by atoms with E-state index in [-0.39, 0.29) is 11.6 Å². The van der Waals surface area contributed by atoms with E-state index in [9.17, 15) is 14.9 Å². The van der Waals surface area contributed by atoms with E-state index >= 15 is 0 Å². The van der Waals surface area contributed by atoms with E-state index in [0.29, 0.717) is 22.5 Å². The standard InChI is InChI=1S/C16H13N3O3S/c17-9-10-3-1-2-4-13(10)18-16(20)15-8-11-7-12(19(21)22)5-6-14(11)23-15/h1-8H,9,17H2,(H,18,20). The maximum Gasteiger partial charge on any atom is 0.270 e. The first-order chi connectivity index (χ1) is 11.1. The van der Waals surface area contributed by atoms with Gasteiger partial charge < -0.3 is 11.1 Å². The molecular formula is C16H13N3O3S. The number of non-ortho nitro benzene ring substituents is 1. The summed E-state index contributed by atoms with van der Waals surface area (Å²) in [5, 5.41) is 14.3. The maximum absolute atomic E-state index is 12.4. The number of amides is 1. The second-order valence-electron chi connectivity index (χ2n) is 4.91. The van der Waals surface area contributed by atoms with Gasteiger partial charge in [0.05, 0.1) is 9.80 Å². The topological polar surface area (TPSA) is 98.3 Å². The molecule has 1 aromatic heterocycles. The molecule has 0 aliphatic rings. The van der Waals surface area contributed by atoms with Crippen molar-refractivity contribution in [1.29, 1.82) is 0 Å². The summed E-state index contributed by atoms with van der Waals surface area (Å²) in [6.45, 7) is 0.328. The third kappa shape index (κ3) is 3.05. The van der Waals surface area contributed by atoms with Gasteiger partial charge in [-0.05, 0) is 23.8 Å². The number of nitrogens with zero attached hydrogens (tertiary/aromatic N) is 1. The predicted molar refractivity (Wildman–Crippen MR) is 90.8 cm³/mol. The number of carbonyl (C=O) groups is 1. The summed E-state index contributed by atoms with van der Waals surface area (Å²) in [6.07, 6.45) is 0. The fourth-order valence-electron chi connectivity index (χ4n) is 2.26. The van der Waals surface area contributed by atoms with E-state index in [1.165, 1.54) is 23.5 Å². The molecule has 116 valence electrons. The van der Waals surface area contributed by atoms with Crippen molar-refractivity contribution in [2.75, 3.05) is 5.32 Å². The first kappa shape index (κ1) is 15.1. The number of carbonyl (C=O) groups excluding carboxylic acids is 1. The average molecular weight is 327 g/mol. The summed E-state index contributed by atoms with van der Waals surface area (Å²) in [5.74, 6) is -0.255. The molecule has 0 spiro atoms. The van der Waals surface area contributed by atoms with Crippen LogP contribution in [0.1, 0.15) is 15.2 Å². The fraction of sp³-hybridized carbons (Fsp3) is 0.0625. The van der Waals surface area contributed by atoms with Crippen LogP contribution in [-0.4, -0.2) is 10.8 Å². The van der Waals surface area contributed by atoms with Gasteiger partial charge in [-0.25, -0.2) is 0 Å². The number of anilines is 1. The Balaban J connectivity index is 1.90. The van der Waals surface area contributed by atoms with Crippen LogP contribution < -0.4 is 11.1 Å². The van der Waals surface area contributed by atoms with Crippen LogP contribution in [0.3, 0.4) is 0 Å². The molecule has 0 fully saturated rings. The van der Waals surface area contributed by atoms with Crippen LogP contribution in [0.2, 0.25) is 0 Å². The number of nitrogens with one attached hydrogen (secondary N) is 1. The Kier molecular flexibility index (Phi) is 4.05. The van der Waals surface area contributed by atoms with Gasteiger partial charge in [-0.2, -0.15) is 0 Å². The number of hydrogen-bond donors (Lipinski definition) is 2. The molecule has 0 atom stereocenters. The number of nitro groups is 1. The van der Waals surface area contributed by atoms with E-state index in [1.807, 2.05) is 18.2 Å². The zero-order valence-corrected chi connectivity index (χ0v) is 12.8. The molecule has 23 heavy (non-hydrogen) atoms. The van der Waals surface area contributed by atoms with Crippen LogP contribution in [0, 0.1) is 10.1 Å². The van der Waals surface area contributed by atoms with Gasteiger partial charge in [-0.3, -0.25) is 14.9 Å². The Hall–Kier alpha value is -2.77. The number of thiophene rings is 1. The van der Waals surface area contributed by atoms with Crippen LogP contribution in [0.5, 0.6) is 0 Å². The van der Waals surface area contributed by atoms with E-state index in [2.05, 4.69) is 5.32 Å². The third-order valence-corrected chi connectivity index (χ3v) is 4.53. The Morgan fingerprint density at radius 1 is 1.22 bits per heavy atom. The lowest BCUT2D eigenvalue weighted by molar-refractivity contribution is -0.384. The summed E-state index contributed by atoms with van der Waals surface area (Å²) >= 11 is 1.29. The van der Waals surface area contributed by atoms with E-state index < -0.39 is 4.92 Å². The Labute approximate surface area is 135 Å². The lowest BCUT2D eigenvalue weighted by Gasteiger charge is -2.08. The Morgan fingerprint density at radius 3 is 2.74 bits per heavy atom. The number of fused-ring (bicyclic) bond motifs is 1. The Bertz CT molecular complexity index is 904. The van der Waals surface area contributed by atoms with E-state index in [4.69, 9.17) is 5.73 Å². The molecule has 0 radical (unpaired) electrons. The summed E-state index contributed by atoms with van der Waals surface area (Å²) in [4.78, 5) is 23.3. The van der Waals surface area contributed by atoms with E-state index in [0.717, 1.165) is 10.3 Å². The minimum absolute atomic E-state index is 0.00994. The zero-order chi connectivity index (χ0) is 16.4. The molecule has 0 saturated carbocycles. The van der Waals surface area contributed by atoms with Gasteiger partial charge in [0.2, 0.25) is 0 Å². The minimum Gasteiger partial charge on any atom is -0.326 e. The predicted octanol–water partition coefficient (Wildman–Crippen LogP) is 3.52. The molecule has 6 nitrogen and oxygen atoms in total. The number of nitrogens with two attached hydrogens (primary N) is 1. The van der Waals surface area contributed by atoms with Crippen molar-refractivity contribution >= 4 is 38.7 Å². The van der Waals surface area contributed by atoms with Crippen LogP contribution in [-0.2, 0) is 6.54 Å². The molecule has 1 heterocycles. The molecule has 3 aromatic rings.